The lowest BCUT2D eigenvalue weighted by Gasteiger charge is -2.20. The minimum absolute atomic E-state index is 0.704. The van der Waals surface area contributed by atoms with Crippen LogP contribution in [0.15, 0.2) is 48.8 Å². The molecule has 0 aliphatic heterocycles. The van der Waals surface area contributed by atoms with Gasteiger partial charge in [0.15, 0.2) is 5.60 Å². The van der Waals surface area contributed by atoms with E-state index in [2.05, 4.69) is 11.1 Å². The lowest BCUT2D eigenvalue weighted by atomic mass is 10.1. The highest BCUT2D eigenvalue weighted by atomic mass is 16.5. The zero-order valence-corrected chi connectivity index (χ0v) is 10.4. The Balaban J connectivity index is 2.42. The largest absolute Gasteiger partial charge is 0.472 e. The van der Waals surface area contributed by atoms with Gasteiger partial charge >= 0.3 is 0 Å². The molecule has 0 unspecified atom stereocenters. The van der Waals surface area contributed by atoms with Crippen molar-refractivity contribution in [2.75, 3.05) is 0 Å². The third-order valence-electron chi connectivity index (χ3n) is 2.51. The first-order valence-corrected chi connectivity index (χ1v) is 5.72. The maximum absolute atomic E-state index is 9.03. The molecular formula is C15H14N2O. The number of pyridine rings is 1. The molecule has 18 heavy (non-hydrogen) atoms. The van der Waals surface area contributed by atoms with Gasteiger partial charge in [0.2, 0.25) is 0 Å². The molecule has 0 fully saturated rings. The third-order valence-corrected chi connectivity index (χ3v) is 2.51. The van der Waals surface area contributed by atoms with Crippen LogP contribution < -0.4 is 4.74 Å². The number of para-hydroxylation sites is 1. The van der Waals surface area contributed by atoms with E-state index in [4.69, 9.17) is 10.00 Å². The van der Waals surface area contributed by atoms with Crippen LogP contribution >= 0.6 is 0 Å². The van der Waals surface area contributed by atoms with E-state index >= 15 is 0 Å². The highest BCUT2D eigenvalue weighted by molar-refractivity contribution is 5.69. The van der Waals surface area contributed by atoms with Crippen LogP contribution in [0.4, 0.5) is 0 Å². The van der Waals surface area contributed by atoms with Gasteiger partial charge in [0.25, 0.3) is 0 Å². The molecule has 0 amide bonds. The lowest BCUT2D eigenvalue weighted by Crippen LogP contribution is -2.25. The number of hydrogen-bond donors (Lipinski definition) is 0. The Hall–Kier alpha value is -2.34. The molecule has 0 saturated carbocycles. The predicted octanol–water partition coefficient (Wildman–Crippen LogP) is 3.43. The summed E-state index contributed by atoms with van der Waals surface area (Å²) in [5, 5.41) is 9.03. The average Bonchev–Trinajstić information content (AvgIpc) is 2.40. The second kappa shape index (κ2) is 4.89. The topological polar surface area (TPSA) is 45.9 Å². The number of aromatic nitrogens is 1. The van der Waals surface area contributed by atoms with Crippen molar-refractivity contribution in [1.29, 1.82) is 5.26 Å². The Bertz CT molecular complexity index is 571. The maximum atomic E-state index is 9.03. The maximum Gasteiger partial charge on any atom is 0.188 e. The van der Waals surface area contributed by atoms with E-state index in [-0.39, 0.29) is 0 Å². The molecule has 0 spiro atoms. The van der Waals surface area contributed by atoms with Gasteiger partial charge in [0.1, 0.15) is 11.8 Å². The first kappa shape index (κ1) is 12.1. The van der Waals surface area contributed by atoms with Gasteiger partial charge in [-0.25, -0.2) is 0 Å². The molecule has 0 atom stereocenters. The molecule has 0 radical (unpaired) electrons. The summed E-state index contributed by atoms with van der Waals surface area (Å²) in [6.45, 7) is 3.49. The van der Waals surface area contributed by atoms with E-state index in [1.54, 1.807) is 26.2 Å². The number of hydrogen-bond acceptors (Lipinski definition) is 3. The fourth-order valence-electron chi connectivity index (χ4n) is 1.62. The van der Waals surface area contributed by atoms with Crippen molar-refractivity contribution >= 4 is 0 Å². The van der Waals surface area contributed by atoms with Gasteiger partial charge in [-0.3, -0.25) is 4.98 Å². The van der Waals surface area contributed by atoms with Crippen LogP contribution in [0.25, 0.3) is 11.1 Å². The van der Waals surface area contributed by atoms with Gasteiger partial charge in [0, 0.05) is 18.0 Å². The van der Waals surface area contributed by atoms with Crippen LogP contribution in [0.2, 0.25) is 0 Å². The molecule has 3 nitrogen and oxygen atoms in total. The smallest absolute Gasteiger partial charge is 0.188 e. The molecule has 3 heteroatoms. The molecule has 0 aliphatic carbocycles. The van der Waals surface area contributed by atoms with Crippen LogP contribution in [0.1, 0.15) is 13.8 Å². The minimum atomic E-state index is -0.844. The summed E-state index contributed by atoms with van der Waals surface area (Å²) in [7, 11) is 0. The summed E-state index contributed by atoms with van der Waals surface area (Å²) >= 11 is 0. The number of nitriles is 1. The molecular weight excluding hydrogens is 224 g/mol. The summed E-state index contributed by atoms with van der Waals surface area (Å²) in [4.78, 5) is 4.00. The summed E-state index contributed by atoms with van der Waals surface area (Å²) in [6, 6.07) is 13.7. The van der Waals surface area contributed by atoms with E-state index in [1.165, 1.54) is 0 Å². The Morgan fingerprint density at radius 1 is 1.11 bits per heavy atom. The van der Waals surface area contributed by atoms with Gasteiger partial charge in [-0.05, 0) is 37.6 Å². The lowest BCUT2D eigenvalue weighted by molar-refractivity contribution is 0.171. The number of rotatable bonds is 3. The van der Waals surface area contributed by atoms with E-state index < -0.39 is 5.60 Å². The summed E-state index contributed by atoms with van der Waals surface area (Å²) in [5.74, 6) is 0.704. The van der Waals surface area contributed by atoms with Crippen LogP contribution in [-0.2, 0) is 0 Å². The Morgan fingerprint density at radius 2 is 1.78 bits per heavy atom. The SMILES string of the molecule is CC(C)(C#N)Oc1ccccc1-c1ccncc1. The van der Waals surface area contributed by atoms with Crippen molar-refractivity contribution < 1.29 is 4.74 Å². The zero-order chi connectivity index (χ0) is 13.0. The molecule has 2 rings (SSSR count). The average molecular weight is 238 g/mol. The van der Waals surface area contributed by atoms with Crippen molar-refractivity contribution in [3.05, 3.63) is 48.8 Å². The van der Waals surface area contributed by atoms with Gasteiger partial charge in [-0.1, -0.05) is 18.2 Å². The van der Waals surface area contributed by atoms with E-state index in [9.17, 15) is 0 Å². The first-order chi connectivity index (χ1) is 8.62. The molecule has 0 aliphatic rings. The highest BCUT2D eigenvalue weighted by Crippen LogP contribution is 2.31. The van der Waals surface area contributed by atoms with Gasteiger partial charge < -0.3 is 4.74 Å². The molecule has 0 N–H and O–H groups in total. The molecule has 0 saturated heterocycles. The fourth-order valence-corrected chi connectivity index (χ4v) is 1.62. The highest BCUT2D eigenvalue weighted by Gasteiger charge is 2.20. The van der Waals surface area contributed by atoms with Crippen LogP contribution in [0.5, 0.6) is 5.75 Å². The summed E-state index contributed by atoms with van der Waals surface area (Å²) < 4.78 is 5.76. The summed E-state index contributed by atoms with van der Waals surface area (Å²) in [6.07, 6.45) is 3.48. The monoisotopic (exact) mass is 238 g/mol. The molecule has 0 bridgehead atoms. The van der Waals surface area contributed by atoms with E-state index in [1.807, 2.05) is 36.4 Å². The Kier molecular flexibility index (Phi) is 3.29. The zero-order valence-electron chi connectivity index (χ0n) is 10.4. The van der Waals surface area contributed by atoms with Crippen molar-refractivity contribution in [3.8, 4) is 22.9 Å². The van der Waals surface area contributed by atoms with Crippen molar-refractivity contribution in [3.63, 3.8) is 0 Å². The van der Waals surface area contributed by atoms with Crippen molar-refractivity contribution in [2.24, 2.45) is 0 Å². The van der Waals surface area contributed by atoms with E-state index in [0.29, 0.717) is 5.75 Å². The van der Waals surface area contributed by atoms with Gasteiger partial charge in [-0.15, -0.1) is 0 Å². The predicted molar refractivity (Wildman–Crippen MR) is 70.0 cm³/mol. The summed E-state index contributed by atoms with van der Waals surface area (Å²) in [5.41, 5.74) is 1.14. The van der Waals surface area contributed by atoms with Crippen LogP contribution in [0.3, 0.4) is 0 Å². The standard InChI is InChI=1S/C15H14N2O/c1-15(2,11-16)18-14-6-4-3-5-13(14)12-7-9-17-10-8-12/h3-10H,1-2H3. The normalized spacial score (nSPS) is 10.7. The number of ether oxygens (including phenoxy) is 1. The second-order valence-electron chi connectivity index (χ2n) is 4.46. The van der Waals surface area contributed by atoms with Gasteiger partial charge in [-0.2, -0.15) is 5.26 Å². The Labute approximate surface area is 107 Å². The van der Waals surface area contributed by atoms with E-state index in [0.717, 1.165) is 11.1 Å². The van der Waals surface area contributed by atoms with Crippen molar-refractivity contribution in [2.45, 2.75) is 19.4 Å². The quantitative estimate of drug-likeness (QED) is 0.823. The molecule has 90 valence electrons. The first-order valence-electron chi connectivity index (χ1n) is 5.72. The molecule has 2 aromatic rings. The van der Waals surface area contributed by atoms with Crippen LogP contribution in [-0.4, -0.2) is 10.6 Å². The third kappa shape index (κ3) is 2.67. The molecule has 1 aromatic heterocycles. The Morgan fingerprint density at radius 3 is 2.44 bits per heavy atom. The number of benzene rings is 1. The number of nitrogens with zero attached hydrogens (tertiary/aromatic N) is 2. The van der Waals surface area contributed by atoms with Gasteiger partial charge in [0.05, 0.1) is 0 Å². The molecule has 1 heterocycles. The van der Waals surface area contributed by atoms with Crippen LogP contribution in [0, 0.1) is 11.3 Å². The minimum Gasteiger partial charge on any atom is -0.472 e. The second-order valence-corrected chi connectivity index (χ2v) is 4.46. The molecule has 1 aromatic carbocycles. The van der Waals surface area contributed by atoms with Crippen molar-refractivity contribution in [1.82, 2.24) is 4.98 Å². The fraction of sp³-hybridized carbons (Fsp3) is 0.200.